The van der Waals surface area contributed by atoms with Crippen molar-refractivity contribution in [1.82, 2.24) is 4.90 Å². The van der Waals surface area contributed by atoms with Crippen LogP contribution in [0.25, 0.3) is 0 Å². The Labute approximate surface area is 183 Å². The molecule has 1 atom stereocenters. The first-order valence-corrected chi connectivity index (χ1v) is 11.7. The number of amides is 3. The van der Waals surface area contributed by atoms with Crippen LogP contribution in [0.4, 0.5) is 5.69 Å². The number of benzene rings is 1. The minimum Gasteiger partial charge on any atom is -0.495 e. The van der Waals surface area contributed by atoms with Gasteiger partial charge in [0.2, 0.25) is 11.8 Å². The lowest BCUT2D eigenvalue weighted by Gasteiger charge is -2.57. The van der Waals surface area contributed by atoms with Gasteiger partial charge in [-0.05, 0) is 80.2 Å². The maximum atomic E-state index is 13.3. The smallest absolute Gasteiger partial charge is 0.257 e. The Morgan fingerprint density at radius 3 is 2.29 bits per heavy atom. The maximum absolute atomic E-state index is 13.3. The fourth-order valence-corrected chi connectivity index (χ4v) is 7.41. The number of rotatable bonds is 6. The highest BCUT2D eigenvalue weighted by molar-refractivity contribution is 6.23. The van der Waals surface area contributed by atoms with Crippen LogP contribution in [0.2, 0.25) is 0 Å². The fourth-order valence-electron chi connectivity index (χ4n) is 7.41. The van der Waals surface area contributed by atoms with Crippen molar-refractivity contribution in [3.8, 4) is 5.75 Å². The lowest BCUT2D eigenvalue weighted by molar-refractivity contribution is -0.138. The molecule has 4 saturated carbocycles. The summed E-state index contributed by atoms with van der Waals surface area (Å²) < 4.78 is 5.36. The van der Waals surface area contributed by atoms with Gasteiger partial charge >= 0.3 is 0 Å². The summed E-state index contributed by atoms with van der Waals surface area (Å²) in [5.74, 6) is 2.31. The van der Waals surface area contributed by atoms with E-state index in [1.54, 1.807) is 29.2 Å². The molecule has 4 aliphatic carbocycles. The van der Waals surface area contributed by atoms with E-state index >= 15 is 0 Å². The van der Waals surface area contributed by atoms with E-state index < -0.39 is 6.04 Å². The molecule has 1 aliphatic heterocycles. The predicted octanol–water partition coefficient (Wildman–Crippen LogP) is 3.78. The summed E-state index contributed by atoms with van der Waals surface area (Å²) in [5, 5.41) is 0. The Kier molecular flexibility index (Phi) is 5.06. The molecule has 0 radical (unpaired) electrons. The Bertz CT molecular complexity index is 875. The molecular formula is C25H32N2O4. The zero-order chi connectivity index (χ0) is 21.8. The van der Waals surface area contributed by atoms with Gasteiger partial charge in [-0.1, -0.05) is 12.1 Å². The molecule has 5 aliphatic rings. The number of carbonyl (C=O) groups is 3. The molecule has 0 spiro atoms. The lowest BCUT2D eigenvalue weighted by Crippen LogP contribution is -2.50. The number of methoxy groups -OCH3 is 1. The van der Waals surface area contributed by atoms with Crippen LogP contribution in [0.1, 0.15) is 58.3 Å². The number of nitrogens with zero attached hydrogens (tertiary/aromatic N) is 2. The minimum atomic E-state index is -0.719. The van der Waals surface area contributed by atoms with Crippen LogP contribution in [0, 0.1) is 23.2 Å². The molecule has 1 saturated heterocycles. The number of imide groups is 1. The van der Waals surface area contributed by atoms with E-state index in [-0.39, 0.29) is 24.1 Å². The quantitative estimate of drug-likeness (QED) is 0.652. The third kappa shape index (κ3) is 3.54. The Morgan fingerprint density at radius 2 is 1.71 bits per heavy atom. The van der Waals surface area contributed by atoms with Crippen LogP contribution in [0.5, 0.6) is 5.75 Å². The molecule has 166 valence electrons. The van der Waals surface area contributed by atoms with E-state index in [4.69, 9.17) is 4.74 Å². The molecule has 1 aromatic carbocycles. The molecular weight excluding hydrogens is 392 g/mol. The number of anilines is 1. The molecule has 1 unspecified atom stereocenters. The van der Waals surface area contributed by atoms with Gasteiger partial charge in [0.1, 0.15) is 11.8 Å². The van der Waals surface area contributed by atoms with Crippen molar-refractivity contribution in [3.05, 3.63) is 24.3 Å². The van der Waals surface area contributed by atoms with Gasteiger partial charge in [-0.25, -0.2) is 4.90 Å². The van der Waals surface area contributed by atoms with Crippen LogP contribution in [-0.4, -0.2) is 42.3 Å². The highest BCUT2D eigenvalue weighted by Gasteiger charge is 2.51. The van der Waals surface area contributed by atoms with Crippen molar-refractivity contribution in [2.75, 3.05) is 18.6 Å². The number of carbonyl (C=O) groups excluding carboxylic acids is 3. The van der Waals surface area contributed by atoms with Gasteiger partial charge in [0.25, 0.3) is 5.91 Å². The van der Waals surface area contributed by atoms with Crippen molar-refractivity contribution in [1.29, 1.82) is 0 Å². The van der Waals surface area contributed by atoms with Gasteiger partial charge in [-0.15, -0.1) is 0 Å². The number of hydrogen-bond donors (Lipinski definition) is 0. The van der Waals surface area contributed by atoms with E-state index in [1.807, 2.05) is 0 Å². The molecule has 6 rings (SSSR count). The zero-order valence-corrected chi connectivity index (χ0v) is 18.5. The van der Waals surface area contributed by atoms with Crippen molar-refractivity contribution in [3.63, 3.8) is 0 Å². The number of para-hydroxylation sites is 2. The second kappa shape index (κ2) is 7.64. The molecule has 31 heavy (non-hydrogen) atoms. The van der Waals surface area contributed by atoms with Crippen LogP contribution >= 0.6 is 0 Å². The van der Waals surface area contributed by atoms with Crippen molar-refractivity contribution >= 4 is 23.4 Å². The van der Waals surface area contributed by atoms with Gasteiger partial charge in [0.15, 0.2) is 0 Å². The summed E-state index contributed by atoms with van der Waals surface area (Å²) in [5.41, 5.74) is 0.781. The fraction of sp³-hybridized carbons (Fsp3) is 0.640. The second-order valence-electron chi connectivity index (χ2n) is 10.3. The van der Waals surface area contributed by atoms with Crippen molar-refractivity contribution in [2.24, 2.45) is 23.2 Å². The van der Waals surface area contributed by atoms with Gasteiger partial charge < -0.3 is 9.64 Å². The van der Waals surface area contributed by atoms with Gasteiger partial charge in [-0.3, -0.25) is 14.4 Å². The molecule has 6 nitrogen and oxygen atoms in total. The first-order valence-electron chi connectivity index (χ1n) is 11.7. The summed E-state index contributed by atoms with van der Waals surface area (Å²) >= 11 is 0. The SMILES string of the molecule is COc1ccccc1N1C(=O)CC(N(CCC23CC4CC(CC(C4)C2)C3)C(C)=O)C1=O. The highest BCUT2D eigenvalue weighted by Crippen LogP contribution is 2.61. The van der Waals surface area contributed by atoms with Gasteiger partial charge in [0.05, 0.1) is 19.2 Å². The monoisotopic (exact) mass is 424 g/mol. The largest absolute Gasteiger partial charge is 0.495 e. The first-order chi connectivity index (χ1) is 14.9. The predicted molar refractivity (Wildman–Crippen MR) is 117 cm³/mol. The molecule has 6 heteroatoms. The summed E-state index contributed by atoms with van der Waals surface area (Å²) in [6, 6.07) is 6.31. The van der Waals surface area contributed by atoms with E-state index in [2.05, 4.69) is 0 Å². The molecule has 1 heterocycles. The minimum absolute atomic E-state index is 0.0390. The van der Waals surface area contributed by atoms with Crippen LogP contribution in [0.15, 0.2) is 24.3 Å². The summed E-state index contributed by atoms with van der Waals surface area (Å²) in [6.07, 6.45) is 8.97. The topological polar surface area (TPSA) is 66.9 Å². The normalized spacial score (nSPS) is 33.8. The number of ether oxygens (including phenoxy) is 1. The molecule has 4 bridgehead atoms. The number of hydrogen-bond acceptors (Lipinski definition) is 4. The maximum Gasteiger partial charge on any atom is 0.257 e. The molecule has 3 amide bonds. The summed E-state index contributed by atoms with van der Waals surface area (Å²) in [7, 11) is 1.52. The standard InChI is InChI=1S/C25H32N2O4/c1-16(28)26(8-7-25-13-17-9-18(14-25)11-19(10-17)15-25)21-12-23(29)27(24(21)30)20-5-3-4-6-22(20)31-2/h3-6,17-19,21H,7-15H2,1-2H3. The van der Waals surface area contributed by atoms with Crippen molar-refractivity contribution in [2.45, 2.75) is 64.3 Å². The van der Waals surface area contributed by atoms with Gasteiger partial charge in [-0.2, -0.15) is 0 Å². The Hall–Kier alpha value is -2.37. The Morgan fingerprint density at radius 1 is 1.10 bits per heavy atom. The molecule has 0 aromatic heterocycles. The third-order valence-corrected chi connectivity index (χ3v) is 8.28. The second-order valence-corrected chi connectivity index (χ2v) is 10.3. The van der Waals surface area contributed by atoms with Crippen LogP contribution < -0.4 is 9.64 Å². The first kappa shape index (κ1) is 20.5. The van der Waals surface area contributed by atoms with Crippen LogP contribution in [-0.2, 0) is 14.4 Å². The highest BCUT2D eigenvalue weighted by atomic mass is 16.5. The summed E-state index contributed by atoms with van der Waals surface area (Å²) in [6.45, 7) is 2.08. The summed E-state index contributed by atoms with van der Waals surface area (Å²) in [4.78, 5) is 41.6. The van der Waals surface area contributed by atoms with Gasteiger partial charge in [0, 0.05) is 13.5 Å². The van der Waals surface area contributed by atoms with E-state index in [1.165, 1.54) is 57.5 Å². The van der Waals surface area contributed by atoms with Crippen LogP contribution in [0.3, 0.4) is 0 Å². The lowest BCUT2D eigenvalue weighted by atomic mass is 9.49. The van der Waals surface area contributed by atoms with E-state index in [0.29, 0.717) is 23.4 Å². The molecule has 5 fully saturated rings. The average Bonchev–Trinajstić information content (AvgIpc) is 3.00. The van der Waals surface area contributed by atoms with E-state index in [9.17, 15) is 14.4 Å². The Balaban J connectivity index is 1.33. The van der Waals surface area contributed by atoms with Crippen molar-refractivity contribution < 1.29 is 19.1 Å². The average molecular weight is 425 g/mol. The molecule has 1 aromatic rings. The zero-order valence-electron chi connectivity index (χ0n) is 18.5. The molecule has 0 N–H and O–H groups in total. The van der Waals surface area contributed by atoms with E-state index in [0.717, 1.165) is 24.2 Å². The third-order valence-electron chi connectivity index (χ3n) is 8.28.